The van der Waals surface area contributed by atoms with E-state index in [1.54, 1.807) is 0 Å². The van der Waals surface area contributed by atoms with E-state index in [2.05, 4.69) is 17.1 Å². The van der Waals surface area contributed by atoms with Crippen molar-refractivity contribution in [2.75, 3.05) is 5.75 Å². The molecule has 0 spiro atoms. The molecule has 0 amide bonds. The quantitative estimate of drug-likeness (QED) is 0.740. The van der Waals surface area contributed by atoms with E-state index < -0.39 is 5.97 Å². The van der Waals surface area contributed by atoms with Crippen LogP contribution in [0.2, 0.25) is 0 Å². The molecule has 0 radical (unpaired) electrons. The summed E-state index contributed by atoms with van der Waals surface area (Å²) >= 11 is 1.22. The number of thioether (sulfide) groups is 1. The second-order valence-corrected chi connectivity index (χ2v) is 4.37. The summed E-state index contributed by atoms with van der Waals surface area (Å²) in [6.45, 7) is 4.93. The number of hydrogen-bond donors (Lipinski definition) is 1. The molecule has 5 nitrogen and oxygen atoms in total. The number of aryl methyl sites for hydroxylation is 1. The van der Waals surface area contributed by atoms with Gasteiger partial charge in [-0.3, -0.25) is 4.79 Å². The second-order valence-electron chi connectivity index (χ2n) is 3.43. The monoisotopic (exact) mass is 243 g/mol. The first kappa shape index (κ1) is 13.0. The summed E-state index contributed by atoms with van der Waals surface area (Å²) in [6.07, 6.45) is 3.11. The lowest BCUT2D eigenvalue weighted by atomic mass is 10.2. The smallest absolute Gasteiger partial charge is 0.313 e. The van der Waals surface area contributed by atoms with Gasteiger partial charge in [-0.05, 0) is 13.3 Å². The molecule has 1 aromatic heterocycles. The van der Waals surface area contributed by atoms with Gasteiger partial charge in [-0.25, -0.2) is 0 Å². The zero-order valence-electron chi connectivity index (χ0n) is 9.64. The highest BCUT2D eigenvalue weighted by molar-refractivity contribution is 7.99. The van der Waals surface area contributed by atoms with Crippen molar-refractivity contribution in [3.05, 3.63) is 5.82 Å². The summed E-state index contributed by atoms with van der Waals surface area (Å²) in [7, 11) is 0. The van der Waals surface area contributed by atoms with E-state index in [-0.39, 0.29) is 5.75 Å². The van der Waals surface area contributed by atoms with E-state index in [1.165, 1.54) is 11.8 Å². The molecule has 0 aliphatic rings. The van der Waals surface area contributed by atoms with Crippen LogP contribution in [0.1, 0.15) is 32.5 Å². The van der Waals surface area contributed by atoms with Crippen LogP contribution in [-0.2, 0) is 17.8 Å². The van der Waals surface area contributed by atoms with E-state index in [9.17, 15) is 4.79 Å². The molecule has 16 heavy (non-hydrogen) atoms. The van der Waals surface area contributed by atoms with Crippen molar-refractivity contribution in [2.24, 2.45) is 0 Å². The number of nitrogens with zero attached hydrogens (tertiary/aromatic N) is 3. The van der Waals surface area contributed by atoms with Crippen LogP contribution in [0.25, 0.3) is 0 Å². The Bertz CT molecular complexity index is 352. The summed E-state index contributed by atoms with van der Waals surface area (Å²) in [5.41, 5.74) is 0. The van der Waals surface area contributed by atoms with E-state index in [4.69, 9.17) is 5.11 Å². The van der Waals surface area contributed by atoms with Gasteiger partial charge in [0.05, 0.1) is 5.75 Å². The van der Waals surface area contributed by atoms with Crippen LogP contribution in [0.5, 0.6) is 0 Å². The molecule has 0 fully saturated rings. The van der Waals surface area contributed by atoms with Crippen molar-refractivity contribution in [1.29, 1.82) is 0 Å². The molecular weight excluding hydrogens is 226 g/mol. The van der Waals surface area contributed by atoms with Crippen molar-refractivity contribution in [2.45, 2.75) is 44.8 Å². The highest BCUT2D eigenvalue weighted by Crippen LogP contribution is 2.17. The molecule has 0 aliphatic heterocycles. The van der Waals surface area contributed by atoms with Gasteiger partial charge in [0.25, 0.3) is 0 Å². The predicted molar refractivity (Wildman–Crippen MR) is 62.7 cm³/mol. The Hall–Kier alpha value is -1.04. The first-order valence-electron chi connectivity index (χ1n) is 5.45. The van der Waals surface area contributed by atoms with E-state index in [1.807, 2.05) is 11.5 Å². The predicted octanol–water partition coefficient (Wildman–Crippen LogP) is 1.82. The van der Waals surface area contributed by atoms with Crippen molar-refractivity contribution in [3.8, 4) is 0 Å². The molecule has 0 unspecified atom stereocenters. The zero-order valence-corrected chi connectivity index (χ0v) is 10.5. The number of unbranched alkanes of at least 4 members (excludes halogenated alkanes) is 1. The average Bonchev–Trinajstić information content (AvgIpc) is 2.65. The van der Waals surface area contributed by atoms with Crippen LogP contribution in [0, 0.1) is 0 Å². The number of carboxylic acid groups (broad SMARTS) is 1. The molecule has 1 aromatic rings. The minimum Gasteiger partial charge on any atom is -0.481 e. The van der Waals surface area contributed by atoms with Crippen molar-refractivity contribution in [3.63, 3.8) is 0 Å². The largest absolute Gasteiger partial charge is 0.481 e. The van der Waals surface area contributed by atoms with Gasteiger partial charge in [0, 0.05) is 13.0 Å². The lowest BCUT2D eigenvalue weighted by Crippen LogP contribution is -2.05. The summed E-state index contributed by atoms with van der Waals surface area (Å²) in [5, 5.41) is 17.4. The number of carbonyl (C=O) groups is 1. The highest BCUT2D eigenvalue weighted by atomic mass is 32.2. The van der Waals surface area contributed by atoms with Gasteiger partial charge in [-0.1, -0.05) is 25.1 Å². The Kier molecular flexibility index (Phi) is 5.31. The minimum atomic E-state index is -0.828. The van der Waals surface area contributed by atoms with Crippen molar-refractivity contribution in [1.82, 2.24) is 14.8 Å². The maximum Gasteiger partial charge on any atom is 0.313 e. The summed E-state index contributed by atoms with van der Waals surface area (Å²) in [6, 6.07) is 0. The number of aromatic nitrogens is 3. The third kappa shape index (κ3) is 3.52. The van der Waals surface area contributed by atoms with E-state index in [0.717, 1.165) is 31.6 Å². The lowest BCUT2D eigenvalue weighted by molar-refractivity contribution is -0.133. The molecule has 0 bridgehead atoms. The van der Waals surface area contributed by atoms with Gasteiger partial charge in [0.2, 0.25) is 0 Å². The molecule has 0 aromatic carbocycles. The molecule has 0 atom stereocenters. The van der Waals surface area contributed by atoms with Crippen LogP contribution in [-0.4, -0.2) is 31.6 Å². The van der Waals surface area contributed by atoms with Crippen LogP contribution in [0.15, 0.2) is 5.16 Å². The van der Waals surface area contributed by atoms with Crippen molar-refractivity contribution < 1.29 is 9.90 Å². The van der Waals surface area contributed by atoms with Gasteiger partial charge in [-0.2, -0.15) is 0 Å². The first-order chi connectivity index (χ1) is 7.69. The Morgan fingerprint density at radius 3 is 2.75 bits per heavy atom. The first-order valence-corrected chi connectivity index (χ1v) is 6.44. The molecule has 1 heterocycles. The highest BCUT2D eigenvalue weighted by Gasteiger charge is 2.11. The van der Waals surface area contributed by atoms with E-state index in [0.29, 0.717) is 5.16 Å². The Morgan fingerprint density at radius 1 is 1.44 bits per heavy atom. The molecule has 0 aliphatic carbocycles. The molecular formula is C10H17N3O2S. The fourth-order valence-corrected chi connectivity index (χ4v) is 2.13. The number of rotatable bonds is 7. The second kappa shape index (κ2) is 6.52. The lowest BCUT2D eigenvalue weighted by Gasteiger charge is -2.05. The minimum absolute atomic E-state index is 0.0336. The van der Waals surface area contributed by atoms with Gasteiger partial charge in [-0.15, -0.1) is 10.2 Å². The Morgan fingerprint density at radius 2 is 2.19 bits per heavy atom. The third-order valence-electron chi connectivity index (χ3n) is 2.19. The molecule has 1 N–H and O–H groups in total. The molecule has 1 rings (SSSR count). The average molecular weight is 243 g/mol. The summed E-state index contributed by atoms with van der Waals surface area (Å²) < 4.78 is 1.99. The standard InChI is InChI=1S/C10H17N3O2S/c1-3-5-6-8-11-12-10(13(8)4-2)16-7-9(14)15/h3-7H2,1-2H3,(H,14,15). The number of aliphatic carboxylic acids is 1. The Labute approximate surface area is 99.3 Å². The molecule has 6 heteroatoms. The fraction of sp³-hybridized carbons (Fsp3) is 0.700. The van der Waals surface area contributed by atoms with Crippen LogP contribution < -0.4 is 0 Å². The van der Waals surface area contributed by atoms with Crippen LogP contribution in [0.4, 0.5) is 0 Å². The third-order valence-corrected chi connectivity index (χ3v) is 3.14. The van der Waals surface area contributed by atoms with Gasteiger partial charge >= 0.3 is 5.97 Å². The number of carboxylic acids is 1. The van der Waals surface area contributed by atoms with Crippen LogP contribution in [0.3, 0.4) is 0 Å². The number of hydrogen-bond acceptors (Lipinski definition) is 4. The van der Waals surface area contributed by atoms with Crippen LogP contribution >= 0.6 is 11.8 Å². The summed E-state index contributed by atoms with van der Waals surface area (Å²) in [4.78, 5) is 10.5. The SMILES string of the molecule is CCCCc1nnc(SCC(=O)O)n1CC. The topological polar surface area (TPSA) is 68.0 Å². The Balaban J connectivity index is 2.69. The van der Waals surface area contributed by atoms with Gasteiger partial charge in [0.1, 0.15) is 5.82 Å². The molecule has 0 saturated carbocycles. The van der Waals surface area contributed by atoms with E-state index >= 15 is 0 Å². The normalized spacial score (nSPS) is 10.6. The van der Waals surface area contributed by atoms with Crippen molar-refractivity contribution >= 4 is 17.7 Å². The van der Waals surface area contributed by atoms with Gasteiger partial charge < -0.3 is 9.67 Å². The summed E-state index contributed by atoms with van der Waals surface area (Å²) in [5.74, 6) is 0.161. The molecule has 90 valence electrons. The maximum absolute atomic E-state index is 10.5. The zero-order chi connectivity index (χ0) is 12.0. The maximum atomic E-state index is 10.5. The van der Waals surface area contributed by atoms with Gasteiger partial charge in [0.15, 0.2) is 5.16 Å². The fourth-order valence-electron chi connectivity index (χ4n) is 1.39. The molecule has 0 saturated heterocycles.